The van der Waals surface area contributed by atoms with Gasteiger partial charge in [-0.2, -0.15) is 10.1 Å². The first kappa shape index (κ1) is 15.9. The number of rotatable bonds is 5. The minimum absolute atomic E-state index is 0.0759. The van der Waals surface area contributed by atoms with Crippen LogP contribution < -0.4 is 5.32 Å². The van der Waals surface area contributed by atoms with Crippen LogP contribution in [0.25, 0.3) is 17.1 Å². The number of nitrogens with one attached hydrogen (secondary N) is 1. The number of benzene rings is 1. The first-order chi connectivity index (χ1) is 12.7. The molecule has 0 saturated carbocycles. The summed E-state index contributed by atoms with van der Waals surface area (Å²) < 4.78 is 6.94. The summed E-state index contributed by atoms with van der Waals surface area (Å²) in [6.45, 7) is 3.87. The average molecular weight is 347 g/mol. The first-order valence-electron chi connectivity index (χ1n) is 8.17. The van der Waals surface area contributed by atoms with E-state index in [-0.39, 0.29) is 6.04 Å². The highest BCUT2D eigenvalue weighted by molar-refractivity contribution is 5.58. The fourth-order valence-electron chi connectivity index (χ4n) is 2.62. The Kier molecular flexibility index (Phi) is 4.14. The third kappa shape index (κ3) is 3.30. The van der Waals surface area contributed by atoms with Gasteiger partial charge >= 0.3 is 0 Å². The smallest absolute Gasteiger partial charge is 0.258 e. The van der Waals surface area contributed by atoms with Gasteiger partial charge in [0.2, 0.25) is 0 Å². The van der Waals surface area contributed by atoms with Crippen LogP contribution in [-0.4, -0.2) is 29.9 Å². The van der Waals surface area contributed by atoms with Gasteiger partial charge in [-0.05, 0) is 43.7 Å². The largest absolute Gasteiger partial charge is 0.364 e. The number of aromatic nitrogens is 6. The zero-order valence-electron chi connectivity index (χ0n) is 14.4. The lowest BCUT2D eigenvalue weighted by molar-refractivity contribution is 0.425. The molecule has 0 saturated heterocycles. The van der Waals surface area contributed by atoms with Gasteiger partial charge in [0.15, 0.2) is 5.82 Å². The molecule has 0 fully saturated rings. The van der Waals surface area contributed by atoms with Gasteiger partial charge in [0.05, 0.1) is 5.69 Å². The number of nitrogens with zero attached hydrogens (tertiary/aromatic N) is 6. The second-order valence-electron chi connectivity index (χ2n) is 5.87. The van der Waals surface area contributed by atoms with Gasteiger partial charge in [-0.15, -0.1) is 0 Å². The average Bonchev–Trinajstić information content (AvgIpc) is 3.34. The standard InChI is InChI=1S/C18H17N7O/c1-12(14-3-5-16(6-4-14)25-11-19-10-21-25)22-17-9-15(7-8-20-17)18-23-13(2)24-26-18/h3-12H,1-2H3,(H,20,22)/t12-/m1/s1. The van der Waals surface area contributed by atoms with Crippen LogP contribution in [0.4, 0.5) is 5.82 Å². The van der Waals surface area contributed by atoms with Crippen molar-refractivity contribution in [3.63, 3.8) is 0 Å². The van der Waals surface area contributed by atoms with E-state index in [0.29, 0.717) is 11.7 Å². The predicted octanol–water partition coefficient (Wildman–Crippen LogP) is 3.19. The lowest BCUT2D eigenvalue weighted by Gasteiger charge is -2.15. The molecule has 0 radical (unpaired) electrons. The van der Waals surface area contributed by atoms with Crippen molar-refractivity contribution in [1.29, 1.82) is 0 Å². The van der Waals surface area contributed by atoms with Gasteiger partial charge in [-0.3, -0.25) is 0 Å². The molecule has 1 N–H and O–H groups in total. The van der Waals surface area contributed by atoms with Gasteiger partial charge < -0.3 is 9.84 Å². The van der Waals surface area contributed by atoms with E-state index in [0.717, 1.165) is 22.6 Å². The zero-order chi connectivity index (χ0) is 17.9. The van der Waals surface area contributed by atoms with Crippen LogP contribution in [0.2, 0.25) is 0 Å². The van der Waals surface area contributed by atoms with E-state index in [1.807, 2.05) is 24.3 Å². The van der Waals surface area contributed by atoms with E-state index in [1.165, 1.54) is 6.33 Å². The molecule has 0 aliphatic carbocycles. The van der Waals surface area contributed by atoms with Crippen molar-refractivity contribution in [2.45, 2.75) is 19.9 Å². The SMILES string of the molecule is Cc1noc(-c2ccnc(N[C@H](C)c3ccc(-n4cncn4)cc3)c2)n1. The van der Waals surface area contributed by atoms with Crippen molar-refractivity contribution in [2.24, 2.45) is 0 Å². The molecule has 4 rings (SSSR count). The summed E-state index contributed by atoms with van der Waals surface area (Å²) in [5.41, 5.74) is 2.93. The quantitative estimate of drug-likeness (QED) is 0.592. The summed E-state index contributed by atoms with van der Waals surface area (Å²) in [5.74, 6) is 1.83. The molecule has 4 aromatic rings. The fraction of sp³-hybridized carbons (Fsp3) is 0.167. The van der Waals surface area contributed by atoms with E-state index in [2.05, 4.69) is 49.6 Å². The molecule has 0 spiro atoms. The van der Waals surface area contributed by atoms with Crippen LogP contribution in [0.5, 0.6) is 0 Å². The molecule has 3 heterocycles. The Hall–Kier alpha value is -3.55. The molecular weight excluding hydrogens is 330 g/mol. The topological polar surface area (TPSA) is 94.6 Å². The Balaban J connectivity index is 1.50. The van der Waals surface area contributed by atoms with Gasteiger partial charge in [0.1, 0.15) is 18.5 Å². The molecule has 8 nitrogen and oxygen atoms in total. The molecule has 8 heteroatoms. The van der Waals surface area contributed by atoms with Crippen LogP contribution >= 0.6 is 0 Å². The van der Waals surface area contributed by atoms with E-state index in [1.54, 1.807) is 24.1 Å². The molecule has 130 valence electrons. The van der Waals surface area contributed by atoms with Crippen LogP contribution in [0, 0.1) is 6.92 Å². The zero-order valence-corrected chi connectivity index (χ0v) is 14.4. The maximum Gasteiger partial charge on any atom is 0.258 e. The van der Waals surface area contributed by atoms with Crippen LogP contribution in [0.1, 0.15) is 24.4 Å². The van der Waals surface area contributed by atoms with Crippen molar-refractivity contribution < 1.29 is 4.52 Å². The first-order valence-corrected chi connectivity index (χ1v) is 8.17. The molecule has 0 aliphatic heterocycles. The highest BCUT2D eigenvalue weighted by Crippen LogP contribution is 2.23. The maximum absolute atomic E-state index is 5.21. The highest BCUT2D eigenvalue weighted by Gasteiger charge is 2.10. The normalized spacial score (nSPS) is 12.1. The summed E-state index contributed by atoms with van der Waals surface area (Å²) in [7, 11) is 0. The highest BCUT2D eigenvalue weighted by atomic mass is 16.5. The maximum atomic E-state index is 5.21. The summed E-state index contributed by atoms with van der Waals surface area (Å²) in [5, 5.41) is 11.3. The van der Waals surface area contributed by atoms with Crippen molar-refractivity contribution >= 4 is 5.82 Å². The lowest BCUT2D eigenvalue weighted by Crippen LogP contribution is -2.08. The molecule has 26 heavy (non-hydrogen) atoms. The Morgan fingerprint density at radius 3 is 2.69 bits per heavy atom. The Morgan fingerprint density at radius 1 is 1.15 bits per heavy atom. The molecule has 0 aliphatic rings. The second-order valence-corrected chi connectivity index (χ2v) is 5.87. The Bertz CT molecular complexity index is 993. The van der Waals surface area contributed by atoms with Crippen molar-refractivity contribution in [3.8, 4) is 17.1 Å². The number of hydrogen-bond donors (Lipinski definition) is 1. The Labute approximate surface area is 149 Å². The summed E-state index contributed by atoms with van der Waals surface area (Å²) in [6.07, 6.45) is 4.91. The predicted molar refractivity (Wildman–Crippen MR) is 95.7 cm³/mol. The molecule has 0 unspecified atom stereocenters. The number of hydrogen-bond acceptors (Lipinski definition) is 7. The third-order valence-electron chi connectivity index (χ3n) is 3.98. The van der Waals surface area contributed by atoms with Gasteiger partial charge in [-0.1, -0.05) is 17.3 Å². The molecule has 0 amide bonds. The van der Waals surface area contributed by atoms with E-state index >= 15 is 0 Å². The summed E-state index contributed by atoms with van der Waals surface area (Å²) in [4.78, 5) is 12.6. The molecule has 3 aromatic heterocycles. The fourth-order valence-corrected chi connectivity index (χ4v) is 2.62. The van der Waals surface area contributed by atoms with Gasteiger partial charge in [0, 0.05) is 17.8 Å². The van der Waals surface area contributed by atoms with E-state index < -0.39 is 0 Å². The Morgan fingerprint density at radius 2 is 2.00 bits per heavy atom. The van der Waals surface area contributed by atoms with Crippen molar-refractivity contribution in [2.75, 3.05) is 5.32 Å². The van der Waals surface area contributed by atoms with Crippen LogP contribution in [0.3, 0.4) is 0 Å². The van der Waals surface area contributed by atoms with E-state index in [9.17, 15) is 0 Å². The molecule has 1 atom stereocenters. The number of pyridine rings is 1. The number of anilines is 1. The lowest BCUT2D eigenvalue weighted by atomic mass is 10.1. The summed E-state index contributed by atoms with van der Waals surface area (Å²) in [6, 6.07) is 11.9. The number of aryl methyl sites for hydroxylation is 1. The van der Waals surface area contributed by atoms with Crippen molar-refractivity contribution in [1.82, 2.24) is 29.9 Å². The molecular formula is C18H17N7O. The minimum Gasteiger partial charge on any atom is -0.364 e. The second kappa shape index (κ2) is 6.75. The monoisotopic (exact) mass is 347 g/mol. The molecule has 1 aromatic carbocycles. The summed E-state index contributed by atoms with van der Waals surface area (Å²) >= 11 is 0. The van der Waals surface area contributed by atoms with E-state index in [4.69, 9.17) is 4.52 Å². The van der Waals surface area contributed by atoms with Crippen LogP contribution in [-0.2, 0) is 0 Å². The van der Waals surface area contributed by atoms with Gasteiger partial charge in [-0.25, -0.2) is 14.6 Å². The molecule has 0 bridgehead atoms. The van der Waals surface area contributed by atoms with Crippen molar-refractivity contribution in [3.05, 3.63) is 66.6 Å². The minimum atomic E-state index is 0.0759. The van der Waals surface area contributed by atoms with Crippen LogP contribution in [0.15, 0.2) is 59.8 Å². The third-order valence-corrected chi connectivity index (χ3v) is 3.98. The van der Waals surface area contributed by atoms with Gasteiger partial charge in [0.25, 0.3) is 5.89 Å².